The Labute approximate surface area is 142 Å². The average molecular weight is 343 g/mol. The Morgan fingerprint density at radius 3 is 2.79 bits per heavy atom. The molecule has 0 aliphatic carbocycles. The van der Waals surface area contributed by atoms with E-state index in [9.17, 15) is 9.18 Å². The van der Waals surface area contributed by atoms with Gasteiger partial charge in [0.2, 0.25) is 0 Å². The van der Waals surface area contributed by atoms with Gasteiger partial charge in [0.1, 0.15) is 23.0 Å². The zero-order valence-corrected chi connectivity index (χ0v) is 13.5. The minimum absolute atomic E-state index is 0.0553. The van der Waals surface area contributed by atoms with E-state index >= 15 is 0 Å². The molecule has 4 rings (SSSR count). The van der Waals surface area contributed by atoms with E-state index in [1.807, 2.05) is 6.07 Å². The number of morpholine rings is 1. The van der Waals surface area contributed by atoms with Gasteiger partial charge in [0.05, 0.1) is 24.9 Å². The van der Waals surface area contributed by atoms with Crippen LogP contribution in [-0.2, 0) is 4.74 Å². The number of halogens is 1. The van der Waals surface area contributed by atoms with E-state index in [-0.39, 0.29) is 17.8 Å². The van der Waals surface area contributed by atoms with Crippen molar-refractivity contribution in [2.24, 2.45) is 0 Å². The van der Waals surface area contributed by atoms with Gasteiger partial charge < -0.3 is 9.64 Å². The van der Waals surface area contributed by atoms with Crippen molar-refractivity contribution in [3.63, 3.8) is 0 Å². The summed E-state index contributed by atoms with van der Waals surface area (Å²) in [5.74, 6) is -0.340. The fourth-order valence-corrected chi connectivity index (χ4v) is 3.33. The van der Waals surface area contributed by atoms with Crippen LogP contribution in [0.2, 0.25) is 0 Å². The number of fused-ring (bicyclic) bond motifs is 1. The van der Waals surface area contributed by atoms with Crippen LogP contribution < -0.4 is 0 Å². The van der Waals surface area contributed by atoms with Crippen molar-refractivity contribution in [2.45, 2.75) is 6.10 Å². The number of aromatic nitrogens is 2. The Balaban J connectivity index is 1.54. The molecule has 1 aliphatic rings. The number of rotatable bonds is 2. The molecule has 0 bridgehead atoms. The first-order chi connectivity index (χ1) is 11.7. The van der Waals surface area contributed by atoms with Crippen LogP contribution in [0.15, 0.2) is 42.5 Å². The Morgan fingerprint density at radius 2 is 1.96 bits per heavy atom. The van der Waals surface area contributed by atoms with E-state index in [0.717, 1.165) is 28.3 Å². The lowest BCUT2D eigenvalue weighted by Crippen LogP contribution is -2.42. The Bertz CT molecular complexity index is 881. The van der Waals surface area contributed by atoms with E-state index < -0.39 is 0 Å². The first kappa shape index (κ1) is 15.2. The smallest absolute Gasteiger partial charge is 0.254 e. The van der Waals surface area contributed by atoms with Crippen molar-refractivity contribution in [3.05, 3.63) is 59.4 Å². The minimum atomic E-state index is -0.285. The minimum Gasteiger partial charge on any atom is -0.370 e. The largest absolute Gasteiger partial charge is 0.370 e. The van der Waals surface area contributed by atoms with E-state index in [1.165, 1.54) is 12.1 Å². The molecular formula is C17H14FN3O2S. The number of ether oxygens (including phenoxy) is 1. The van der Waals surface area contributed by atoms with Crippen molar-refractivity contribution in [2.75, 3.05) is 19.7 Å². The summed E-state index contributed by atoms with van der Waals surface area (Å²) in [4.78, 5) is 14.5. The summed E-state index contributed by atoms with van der Waals surface area (Å²) in [6.45, 7) is 1.43. The number of hydrogen-bond acceptors (Lipinski definition) is 5. The third-order valence-electron chi connectivity index (χ3n) is 4.10. The maximum Gasteiger partial charge on any atom is 0.254 e. The number of amides is 1. The molecule has 0 spiro atoms. The number of carbonyl (C=O) groups excluding carboxylic acids is 1. The zero-order valence-electron chi connectivity index (χ0n) is 12.7. The highest BCUT2D eigenvalue weighted by molar-refractivity contribution is 7.00. The van der Waals surface area contributed by atoms with Gasteiger partial charge in [-0.25, -0.2) is 4.39 Å². The fraction of sp³-hybridized carbons (Fsp3) is 0.235. The van der Waals surface area contributed by atoms with Gasteiger partial charge in [0.25, 0.3) is 5.91 Å². The van der Waals surface area contributed by atoms with Crippen LogP contribution in [0.1, 0.15) is 22.0 Å². The van der Waals surface area contributed by atoms with Crippen LogP contribution in [0, 0.1) is 5.82 Å². The first-order valence-corrected chi connectivity index (χ1v) is 8.32. The standard InChI is InChI=1S/C17H14FN3O2S/c18-13-4-1-11(2-5-13)16-10-21(7-8-23-16)17(22)12-3-6-14-15(9-12)20-24-19-14/h1-6,9,16H,7-8,10H2/t16-/m1/s1. The van der Waals surface area contributed by atoms with Gasteiger partial charge in [-0.15, -0.1) is 0 Å². The second kappa shape index (κ2) is 6.26. The number of carbonyl (C=O) groups is 1. The summed E-state index contributed by atoms with van der Waals surface area (Å²) in [6, 6.07) is 11.6. The molecule has 1 fully saturated rings. The van der Waals surface area contributed by atoms with Gasteiger partial charge >= 0.3 is 0 Å². The third kappa shape index (κ3) is 2.88. The molecule has 1 amide bonds. The molecule has 0 saturated carbocycles. The van der Waals surface area contributed by atoms with Crippen LogP contribution in [-0.4, -0.2) is 39.3 Å². The number of benzene rings is 2. The molecular weight excluding hydrogens is 329 g/mol. The predicted octanol–water partition coefficient (Wildman–Crippen LogP) is 3.04. The van der Waals surface area contributed by atoms with Gasteiger partial charge in [0.15, 0.2) is 0 Å². The van der Waals surface area contributed by atoms with Crippen molar-refractivity contribution < 1.29 is 13.9 Å². The second-order valence-corrected chi connectivity index (χ2v) is 6.16. The Kier molecular flexibility index (Phi) is 3.95. The van der Waals surface area contributed by atoms with E-state index in [4.69, 9.17) is 4.74 Å². The molecule has 1 aliphatic heterocycles. The van der Waals surface area contributed by atoms with E-state index in [0.29, 0.717) is 25.3 Å². The lowest BCUT2D eigenvalue weighted by atomic mass is 10.1. The van der Waals surface area contributed by atoms with Gasteiger partial charge in [0, 0.05) is 12.1 Å². The van der Waals surface area contributed by atoms with Gasteiger partial charge in [-0.2, -0.15) is 8.75 Å². The predicted molar refractivity (Wildman–Crippen MR) is 88.4 cm³/mol. The Hall–Kier alpha value is -2.38. The molecule has 1 saturated heterocycles. The first-order valence-electron chi connectivity index (χ1n) is 7.59. The summed E-state index contributed by atoms with van der Waals surface area (Å²) < 4.78 is 27.1. The third-order valence-corrected chi connectivity index (χ3v) is 4.65. The van der Waals surface area contributed by atoms with E-state index in [1.54, 1.807) is 29.2 Å². The van der Waals surface area contributed by atoms with Gasteiger partial charge in [-0.1, -0.05) is 12.1 Å². The molecule has 2 heterocycles. The molecule has 0 radical (unpaired) electrons. The lowest BCUT2D eigenvalue weighted by molar-refractivity contribution is -0.0228. The summed E-state index contributed by atoms with van der Waals surface area (Å²) in [7, 11) is 0. The highest BCUT2D eigenvalue weighted by Gasteiger charge is 2.26. The monoisotopic (exact) mass is 343 g/mol. The van der Waals surface area contributed by atoms with Crippen LogP contribution in [0.5, 0.6) is 0 Å². The lowest BCUT2D eigenvalue weighted by Gasteiger charge is -2.33. The number of hydrogen-bond donors (Lipinski definition) is 0. The van der Waals surface area contributed by atoms with Crippen molar-refractivity contribution in [1.29, 1.82) is 0 Å². The summed E-state index contributed by atoms with van der Waals surface area (Å²) in [5, 5.41) is 0. The normalized spacial score (nSPS) is 18.0. The maximum absolute atomic E-state index is 13.1. The van der Waals surface area contributed by atoms with Crippen molar-refractivity contribution in [1.82, 2.24) is 13.6 Å². The van der Waals surface area contributed by atoms with Crippen LogP contribution in [0.25, 0.3) is 11.0 Å². The summed E-state index contributed by atoms with van der Waals surface area (Å²) in [5.41, 5.74) is 2.99. The van der Waals surface area contributed by atoms with Gasteiger partial charge in [-0.3, -0.25) is 4.79 Å². The molecule has 2 aromatic carbocycles. The molecule has 3 aromatic rings. The fourth-order valence-electron chi connectivity index (χ4n) is 2.81. The summed E-state index contributed by atoms with van der Waals surface area (Å²) in [6.07, 6.45) is -0.243. The molecule has 0 unspecified atom stereocenters. The molecule has 1 aromatic heterocycles. The Morgan fingerprint density at radius 1 is 1.17 bits per heavy atom. The van der Waals surface area contributed by atoms with E-state index in [2.05, 4.69) is 8.75 Å². The van der Waals surface area contributed by atoms with Gasteiger partial charge in [-0.05, 0) is 35.9 Å². The van der Waals surface area contributed by atoms with Crippen LogP contribution in [0.3, 0.4) is 0 Å². The summed E-state index contributed by atoms with van der Waals surface area (Å²) >= 11 is 1.13. The van der Waals surface area contributed by atoms with Crippen LogP contribution in [0.4, 0.5) is 4.39 Å². The van der Waals surface area contributed by atoms with Crippen LogP contribution >= 0.6 is 11.7 Å². The topological polar surface area (TPSA) is 55.3 Å². The zero-order chi connectivity index (χ0) is 16.5. The molecule has 0 N–H and O–H groups in total. The SMILES string of the molecule is O=C(c1ccc2nsnc2c1)N1CCO[C@@H](c2ccc(F)cc2)C1. The molecule has 122 valence electrons. The molecule has 7 heteroatoms. The average Bonchev–Trinajstić information content (AvgIpc) is 3.09. The highest BCUT2D eigenvalue weighted by atomic mass is 32.1. The number of nitrogens with zero attached hydrogens (tertiary/aromatic N) is 3. The maximum atomic E-state index is 13.1. The highest BCUT2D eigenvalue weighted by Crippen LogP contribution is 2.24. The molecule has 1 atom stereocenters. The van der Waals surface area contributed by atoms with Crippen molar-refractivity contribution >= 4 is 28.7 Å². The van der Waals surface area contributed by atoms with Crippen molar-refractivity contribution in [3.8, 4) is 0 Å². The molecule has 24 heavy (non-hydrogen) atoms. The molecule has 5 nitrogen and oxygen atoms in total. The quantitative estimate of drug-likeness (QED) is 0.718. The second-order valence-electron chi connectivity index (χ2n) is 5.63.